The van der Waals surface area contributed by atoms with Gasteiger partial charge < -0.3 is 14.8 Å². The molecule has 0 atom stereocenters. The highest BCUT2D eigenvalue weighted by atomic mass is 32.1. The van der Waals surface area contributed by atoms with E-state index in [1.807, 2.05) is 12.3 Å². The van der Waals surface area contributed by atoms with Crippen molar-refractivity contribution in [3.63, 3.8) is 0 Å². The number of nitrogens with zero attached hydrogens (tertiary/aromatic N) is 2. The van der Waals surface area contributed by atoms with Crippen LogP contribution in [0.25, 0.3) is 11.1 Å². The third kappa shape index (κ3) is 3.03. The van der Waals surface area contributed by atoms with Gasteiger partial charge in [0.15, 0.2) is 5.58 Å². The number of carbonyl (C=O) groups is 1. The number of carboxylic acid groups (broad SMARTS) is 1. The first-order valence-electron chi connectivity index (χ1n) is 6.40. The summed E-state index contributed by atoms with van der Waals surface area (Å²) >= 11 is 1.63. The topological polar surface area (TPSA) is 88.2 Å². The predicted octanol–water partition coefficient (Wildman–Crippen LogP) is 2.95. The molecule has 0 unspecified atom stereocenters. The van der Waals surface area contributed by atoms with Gasteiger partial charge in [0, 0.05) is 24.0 Å². The Morgan fingerprint density at radius 2 is 2.29 bits per heavy atom. The van der Waals surface area contributed by atoms with Gasteiger partial charge in [0.05, 0.1) is 10.6 Å². The van der Waals surface area contributed by atoms with Crippen molar-refractivity contribution >= 4 is 34.4 Å². The molecule has 0 radical (unpaired) electrons. The first-order chi connectivity index (χ1) is 10.1. The number of aromatic nitrogens is 2. The van der Waals surface area contributed by atoms with Crippen molar-refractivity contribution in [2.45, 2.75) is 13.3 Å². The van der Waals surface area contributed by atoms with Crippen molar-refractivity contribution in [2.75, 3.05) is 11.9 Å². The van der Waals surface area contributed by atoms with Gasteiger partial charge in [0.2, 0.25) is 0 Å². The van der Waals surface area contributed by atoms with Crippen LogP contribution in [0.4, 0.5) is 6.01 Å². The van der Waals surface area contributed by atoms with Gasteiger partial charge in [-0.2, -0.15) is 4.98 Å². The summed E-state index contributed by atoms with van der Waals surface area (Å²) in [4.78, 5) is 19.5. The minimum Gasteiger partial charge on any atom is -0.478 e. The molecule has 0 saturated carbocycles. The maximum Gasteiger partial charge on any atom is 0.335 e. The molecule has 108 valence electrons. The fraction of sp³-hybridized carbons (Fsp3) is 0.214. The first-order valence-corrected chi connectivity index (χ1v) is 7.28. The standard InChI is InChI=1S/C14H13N3O3S/c1-8-7-21-12(16-8)4-5-15-14-17-10-3-2-9(13(18)19)6-11(10)20-14/h2-3,6-7H,4-5H2,1H3,(H,15,17)(H,18,19). The monoisotopic (exact) mass is 303 g/mol. The van der Waals surface area contributed by atoms with E-state index in [-0.39, 0.29) is 5.56 Å². The third-order valence-corrected chi connectivity index (χ3v) is 3.94. The second-order valence-corrected chi connectivity index (χ2v) is 5.51. The molecule has 2 N–H and O–H groups in total. The molecule has 6 nitrogen and oxygen atoms in total. The van der Waals surface area contributed by atoms with Crippen molar-refractivity contribution in [3.8, 4) is 0 Å². The maximum absolute atomic E-state index is 10.9. The summed E-state index contributed by atoms with van der Waals surface area (Å²) in [5.74, 6) is -0.984. The molecule has 0 aliphatic heterocycles. The number of hydrogen-bond acceptors (Lipinski definition) is 6. The molecule has 7 heteroatoms. The van der Waals surface area contributed by atoms with Gasteiger partial charge in [-0.25, -0.2) is 9.78 Å². The highest BCUT2D eigenvalue weighted by molar-refractivity contribution is 7.09. The molecule has 0 spiro atoms. The van der Waals surface area contributed by atoms with Gasteiger partial charge >= 0.3 is 5.97 Å². The molecule has 0 aliphatic carbocycles. The van der Waals surface area contributed by atoms with Gasteiger partial charge in [-0.1, -0.05) is 0 Å². The Kier molecular flexibility index (Phi) is 3.57. The Bertz CT molecular complexity index is 794. The number of carboxylic acids is 1. The Balaban J connectivity index is 1.68. The van der Waals surface area contributed by atoms with Crippen LogP contribution in [0.2, 0.25) is 0 Å². The average molecular weight is 303 g/mol. The average Bonchev–Trinajstić information content (AvgIpc) is 3.03. The molecule has 1 aromatic carbocycles. The van der Waals surface area contributed by atoms with E-state index < -0.39 is 5.97 Å². The molecular formula is C14H13N3O3S. The number of fused-ring (bicyclic) bond motifs is 1. The number of nitrogens with one attached hydrogen (secondary N) is 1. The van der Waals surface area contributed by atoms with E-state index in [2.05, 4.69) is 15.3 Å². The summed E-state index contributed by atoms with van der Waals surface area (Å²) in [6.07, 6.45) is 0.789. The second-order valence-electron chi connectivity index (χ2n) is 4.57. The number of aryl methyl sites for hydroxylation is 1. The summed E-state index contributed by atoms with van der Waals surface area (Å²) < 4.78 is 5.50. The minimum atomic E-state index is -0.984. The Morgan fingerprint density at radius 3 is 3.00 bits per heavy atom. The van der Waals surface area contributed by atoms with Gasteiger partial charge in [-0.05, 0) is 25.1 Å². The van der Waals surface area contributed by atoms with Crippen LogP contribution >= 0.6 is 11.3 Å². The van der Waals surface area contributed by atoms with E-state index in [0.717, 1.165) is 17.1 Å². The van der Waals surface area contributed by atoms with Gasteiger partial charge in [-0.3, -0.25) is 0 Å². The zero-order chi connectivity index (χ0) is 14.8. The predicted molar refractivity (Wildman–Crippen MR) is 80.0 cm³/mol. The molecule has 3 rings (SSSR count). The minimum absolute atomic E-state index is 0.184. The number of thiazole rings is 1. The molecule has 0 bridgehead atoms. The lowest BCUT2D eigenvalue weighted by Gasteiger charge is -1.98. The zero-order valence-electron chi connectivity index (χ0n) is 11.3. The maximum atomic E-state index is 10.9. The SMILES string of the molecule is Cc1csc(CCNc2nc3ccc(C(=O)O)cc3o2)n1. The van der Waals surface area contributed by atoms with Crippen LogP contribution in [0, 0.1) is 6.92 Å². The quantitative estimate of drug-likeness (QED) is 0.753. The Hall–Kier alpha value is -2.41. The van der Waals surface area contributed by atoms with Crippen molar-refractivity contribution < 1.29 is 14.3 Å². The summed E-state index contributed by atoms with van der Waals surface area (Å²) in [6.45, 7) is 2.62. The highest BCUT2D eigenvalue weighted by Crippen LogP contribution is 2.20. The van der Waals surface area contributed by atoms with Crippen LogP contribution in [0.3, 0.4) is 0 Å². The Morgan fingerprint density at radius 1 is 1.43 bits per heavy atom. The zero-order valence-corrected chi connectivity index (χ0v) is 12.1. The molecule has 0 aliphatic rings. The van der Waals surface area contributed by atoms with Crippen LogP contribution < -0.4 is 5.32 Å². The number of anilines is 1. The summed E-state index contributed by atoms with van der Waals surface area (Å²) in [6, 6.07) is 5.01. The molecule has 2 heterocycles. The smallest absolute Gasteiger partial charge is 0.335 e. The number of oxazole rings is 1. The van der Waals surface area contributed by atoms with Crippen LogP contribution in [0.15, 0.2) is 28.0 Å². The molecule has 2 aromatic heterocycles. The lowest BCUT2D eigenvalue weighted by Crippen LogP contribution is -2.04. The van der Waals surface area contributed by atoms with Gasteiger partial charge in [0.25, 0.3) is 6.01 Å². The van der Waals surface area contributed by atoms with Crippen LogP contribution in [0.5, 0.6) is 0 Å². The largest absolute Gasteiger partial charge is 0.478 e. The van der Waals surface area contributed by atoms with Crippen LogP contribution in [-0.4, -0.2) is 27.6 Å². The van der Waals surface area contributed by atoms with E-state index >= 15 is 0 Å². The fourth-order valence-corrected chi connectivity index (χ4v) is 2.70. The van der Waals surface area contributed by atoms with E-state index in [1.165, 1.54) is 12.1 Å². The van der Waals surface area contributed by atoms with Gasteiger partial charge in [0.1, 0.15) is 5.52 Å². The summed E-state index contributed by atoms with van der Waals surface area (Å²) in [5, 5.41) is 15.1. The number of hydrogen-bond donors (Lipinski definition) is 2. The molecule has 0 saturated heterocycles. The molecular weight excluding hydrogens is 290 g/mol. The highest BCUT2D eigenvalue weighted by Gasteiger charge is 2.09. The van der Waals surface area contributed by atoms with Crippen LogP contribution in [0.1, 0.15) is 21.1 Å². The van der Waals surface area contributed by atoms with Gasteiger partial charge in [-0.15, -0.1) is 11.3 Å². The lowest BCUT2D eigenvalue weighted by molar-refractivity contribution is 0.0697. The van der Waals surface area contributed by atoms with E-state index in [4.69, 9.17) is 9.52 Å². The second kappa shape index (κ2) is 5.53. The van der Waals surface area contributed by atoms with E-state index in [1.54, 1.807) is 17.4 Å². The number of rotatable bonds is 5. The number of benzene rings is 1. The van der Waals surface area contributed by atoms with Crippen LogP contribution in [-0.2, 0) is 6.42 Å². The fourth-order valence-electron chi connectivity index (χ4n) is 1.93. The van der Waals surface area contributed by atoms with Crippen molar-refractivity contribution in [1.82, 2.24) is 9.97 Å². The first kappa shape index (κ1) is 13.6. The van der Waals surface area contributed by atoms with Crippen molar-refractivity contribution in [3.05, 3.63) is 39.8 Å². The van der Waals surface area contributed by atoms with Crippen molar-refractivity contribution in [2.24, 2.45) is 0 Å². The Labute approximate surface area is 124 Å². The third-order valence-electron chi connectivity index (χ3n) is 2.92. The molecule has 3 aromatic rings. The number of aromatic carboxylic acids is 1. The molecule has 0 amide bonds. The lowest BCUT2D eigenvalue weighted by atomic mass is 10.2. The molecule has 0 fully saturated rings. The molecule has 21 heavy (non-hydrogen) atoms. The van der Waals surface area contributed by atoms with E-state index in [0.29, 0.717) is 23.7 Å². The van der Waals surface area contributed by atoms with E-state index in [9.17, 15) is 4.79 Å². The summed E-state index contributed by atoms with van der Waals surface area (Å²) in [7, 11) is 0. The normalized spacial score (nSPS) is 10.9. The van der Waals surface area contributed by atoms with Crippen molar-refractivity contribution in [1.29, 1.82) is 0 Å². The summed E-state index contributed by atoms with van der Waals surface area (Å²) in [5.41, 5.74) is 2.30.